The van der Waals surface area contributed by atoms with Crippen LogP contribution in [-0.2, 0) is 11.2 Å². The minimum atomic E-state index is -0.993. The third-order valence-corrected chi connectivity index (χ3v) is 3.15. The fourth-order valence-corrected chi connectivity index (χ4v) is 2.27. The van der Waals surface area contributed by atoms with Crippen molar-refractivity contribution in [3.8, 4) is 0 Å². The van der Waals surface area contributed by atoms with E-state index >= 15 is 0 Å². The van der Waals surface area contributed by atoms with Crippen LogP contribution in [0.4, 0.5) is 0 Å². The van der Waals surface area contributed by atoms with Crippen LogP contribution in [0, 0.1) is 5.75 Å². The van der Waals surface area contributed by atoms with Gasteiger partial charge in [0.1, 0.15) is 0 Å². The van der Waals surface area contributed by atoms with Gasteiger partial charge in [-0.2, -0.15) is 0 Å². The predicted octanol–water partition coefficient (Wildman–Crippen LogP) is 0.756. The SMILES string of the molecule is [O-][S+]1[C]CNC=C2C=CC=CC21. The Morgan fingerprint density at radius 1 is 1.58 bits per heavy atom. The van der Waals surface area contributed by atoms with Crippen molar-refractivity contribution in [1.82, 2.24) is 5.32 Å². The van der Waals surface area contributed by atoms with Crippen LogP contribution in [0.3, 0.4) is 0 Å². The highest BCUT2D eigenvalue weighted by molar-refractivity contribution is 7.94. The van der Waals surface area contributed by atoms with E-state index in [1.54, 1.807) is 0 Å². The maximum absolute atomic E-state index is 11.5. The van der Waals surface area contributed by atoms with Crippen molar-refractivity contribution in [1.29, 1.82) is 0 Å². The van der Waals surface area contributed by atoms with Crippen LogP contribution in [0.15, 0.2) is 36.1 Å². The Morgan fingerprint density at radius 2 is 2.50 bits per heavy atom. The molecule has 3 heteroatoms. The summed E-state index contributed by atoms with van der Waals surface area (Å²) in [6, 6.07) is 0. The van der Waals surface area contributed by atoms with Gasteiger partial charge in [-0.05, 0) is 17.3 Å². The molecule has 0 saturated heterocycles. The predicted molar refractivity (Wildman–Crippen MR) is 49.5 cm³/mol. The Labute approximate surface area is 75.2 Å². The van der Waals surface area contributed by atoms with Gasteiger partial charge >= 0.3 is 0 Å². The molecule has 1 aliphatic heterocycles. The number of hydrogen-bond acceptors (Lipinski definition) is 2. The molecule has 0 aromatic carbocycles. The van der Waals surface area contributed by atoms with Crippen molar-refractivity contribution in [3.63, 3.8) is 0 Å². The maximum atomic E-state index is 11.5. The molecule has 0 saturated carbocycles. The molecule has 0 aromatic rings. The van der Waals surface area contributed by atoms with Gasteiger partial charge in [-0.25, -0.2) is 0 Å². The molecule has 2 radical (unpaired) electrons. The van der Waals surface area contributed by atoms with Gasteiger partial charge in [0.05, 0.1) is 6.54 Å². The summed E-state index contributed by atoms with van der Waals surface area (Å²) >= 11 is -0.993. The second kappa shape index (κ2) is 3.37. The summed E-state index contributed by atoms with van der Waals surface area (Å²) in [5.74, 6) is 2.87. The fraction of sp³-hybridized carbons (Fsp3) is 0.222. The molecule has 2 nitrogen and oxygen atoms in total. The van der Waals surface area contributed by atoms with Crippen molar-refractivity contribution in [2.45, 2.75) is 5.25 Å². The van der Waals surface area contributed by atoms with E-state index in [0.717, 1.165) is 5.57 Å². The van der Waals surface area contributed by atoms with E-state index in [-0.39, 0.29) is 5.25 Å². The van der Waals surface area contributed by atoms with E-state index in [9.17, 15) is 4.55 Å². The maximum Gasteiger partial charge on any atom is 0.257 e. The topological polar surface area (TPSA) is 35.1 Å². The van der Waals surface area contributed by atoms with Gasteiger partial charge in [-0.15, -0.1) is 0 Å². The van der Waals surface area contributed by atoms with E-state index in [1.807, 2.05) is 30.5 Å². The zero-order chi connectivity index (χ0) is 8.39. The lowest BCUT2D eigenvalue weighted by Gasteiger charge is -2.17. The zero-order valence-corrected chi connectivity index (χ0v) is 7.30. The molecule has 0 amide bonds. The second-order valence-electron chi connectivity index (χ2n) is 2.63. The molecule has 1 heterocycles. The Balaban J connectivity index is 2.26. The number of allylic oxidation sites excluding steroid dienone is 3. The zero-order valence-electron chi connectivity index (χ0n) is 6.49. The van der Waals surface area contributed by atoms with Crippen LogP contribution in [0.5, 0.6) is 0 Å². The molecule has 62 valence electrons. The largest absolute Gasteiger partial charge is 0.615 e. The van der Waals surface area contributed by atoms with Crippen LogP contribution in [0.25, 0.3) is 0 Å². The lowest BCUT2D eigenvalue weighted by atomic mass is 10.1. The van der Waals surface area contributed by atoms with Gasteiger partial charge in [-0.1, -0.05) is 18.2 Å². The average Bonchev–Trinajstić information content (AvgIpc) is 2.29. The van der Waals surface area contributed by atoms with Crippen LogP contribution < -0.4 is 5.32 Å². The van der Waals surface area contributed by atoms with Gasteiger partial charge in [0.25, 0.3) is 5.75 Å². The van der Waals surface area contributed by atoms with E-state index in [1.165, 1.54) is 0 Å². The van der Waals surface area contributed by atoms with Crippen molar-refractivity contribution in [2.24, 2.45) is 0 Å². The van der Waals surface area contributed by atoms with Gasteiger partial charge in [0.15, 0.2) is 5.25 Å². The van der Waals surface area contributed by atoms with Crippen LogP contribution in [-0.4, -0.2) is 16.3 Å². The Bertz CT molecular complexity index is 257. The van der Waals surface area contributed by atoms with Crippen LogP contribution in [0.1, 0.15) is 0 Å². The molecule has 1 aliphatic carbocycles. The summed E-state index contributed by atoms with van der Waals surface area (Å²) in [4.78, 5) is 0. The summed E-state index contributed by atoms with van der Waals surface area (Å²) in [5, 5.41) is 3.03. The first-order valence-electron chi connectivity index (χ1n) is 3.80. The van der Waals surface area contributed by atoms with E-state index in [0.29, 0.717) is 6.54 Å². The Hall–Kier alpha value is -0.670. The monoisotopic (exact) mass is 179 g/mol. The Kier molecular flexibility index (Phi) is 2.23. The molecule has 0 fully saturated rings. The van der Waals surface area contributed by atoms with Gasteiger partial charge in [-0.3, -0.25) is 0 Å². The standard InChI is InChI=1S/C9H9NOS/c11-12-6-5-10-7-8-3-1-2-4-9(8)12/h1-4,7,9-10H,5H2. The van der Waals surface area contributed by atoms with Gasteiger partial charge < -0.3 is 9.87 Å². The Morgan fingerprint density at radius 3 is 3.42 bits per heavy atom. The molecule has 2 rings (SSSR count). The average molecular weight is 179 g/mol. The molecule has 0 aromatic heterocycles. The molecule has 2 unspecified atom stereocenters. The molecule has 0 spiro atoms. The number of fused-ring (bicyclic) bond motifs is 1. The lowest BCUT2D eigenvalue weighted by molar-refractivity contribution is 0.597. The highest BCUT2D eigenvalue weighted by Gasteiger charge is 2.27. The third-order valence-electron chi connectivity index (χ3n) is 1.83. The number of nitrogens with one attached hydrogen (secondary N) is 1. The molecule has 0 bridgehead atoms. The highest BCUT2D eigenvalue weighted by Crippen LogP contribution is 2.22. The number of rotatable bonds is 0. The quantitative estimate of drug-likeness (QED) is 0.557. The first-order valence-corrected chi connectivity index (χ1v) is 5.01. The van der Waals surface area contributed by atoms with E-state index in [2.05, 4.69) is 11.1 Å². The highest BCUT2D eigenvalue weighted by atomic mass is 32.2. The minimum absolute atomic E-state index is 0.00463. The molecule has 1 N–H and O–H groups in total. The molecule has 2 aliphatic rings. The first-order chi connectivity index (χ1) is 5.88. The summed E-state index contributed by atoms with van der Waals surface area (Å²) in [5.41, 5.74) is 1.07. The van der Waals surface area contributed by atoms with Gasteiger partial charge in [0.2, 0.25) is 0 Å². The first kappa shape index (κ1) is 7.95. The lowest BCUT2D eigenvalue weighted by Crippen LogP contribution is -2.21. The second-order valence-corrected chi connectivity index (χ2v) is 4.02. The summed E-state index contributed by atoms with van der Waals surface area (Å²) in [6.07, 6.45) is 9.70. The number of hydrogen-bond donors (Lipinski definition) is 1. The summed E-state index contributed by atoms with van der Waals surface area (Å²) < 4.78 is 11.5. The normalized spacial score (nSPS) is 33.2. The summed E-state index contributed by atoms with van der Waals surface area (Å²) in [6.45, 7) is 0.564. The molecular weight excluding hydrogens is 170 g/mol. The minimum Gasteiger partial charge on any atom is -0.615 e. The van der Waals surface area contributed by atoms with Crippen molar-refractivity contribution < 1.29 is 4.55 Å². The van der Waals surface area contributed by atoms with Crippen molar-refractivity contribution in [2.75, 3.05) is 6.54 Å². The van der Waals surface area contributed by atoms with E-state index < -0.39 is 11.2 Å². The van der Waals surface area contributed by atoms with Gasteiger partial charge in [0, 0.05) is 11.8 Å². The third kappa shape index (κ3) is 1.42. The van der Waals surface area contributed by atoms with E-state index in [4.69, 9.17) is 0 Å². The fourth-order valence-electron chi connectivity index (χ4n) is 1.23. The van der Waals surface area contributed by atoms with Crippen molar-refractivity contribution in [3.05, 3.63) is 41.8 Å². The smallest absolute Gasteiger partial charge is 0.257 e. The summed E-state index contributed by atoms with van der Waals surface area (Å²) in [7, 11) is 0. The van der Waals surface area contributed by atoms with Crippen LogP contribution >= 0.6 is 0 Å². The molecular formula is C9H9NOS. The van der Waals surface area contributed by atoms with Crippen LogP contribution in [0.2, 0.25) is 0 Å². The van der Waals surface area contributed by atoms with Crippen molar-refractivity contribution >= 4 is 11.2 Å². The molecule has 12 heavy (non-hydrogen) atoms. The molecule has 2 atom stereocenters.